The van der Waals surface area contributed by atoms with Crippen LogP contribution in [-0.4, -0.2) is 34.8 Å². The lowest BCUT2D eigenvalue weighted by atomic mass is 10.1. The molecule has 1 aromatic heterocycles. The molecule has 0 aliphatic carbocycles. The standard InChI is InChI=1S/C13H20N2O3/c1-10(16)11-2-5-15(8-11)9-13(17)14-12-3-6-18-7-4-12/h2,5,8,10,12,16H,3-4,6-7,9H2,1H3,(H,14,17). The van der Waals surface area contributed by atoms with Gasteiger partial charge in [0, 0.05) is 31.6 Å². The van der Waals surface area contributed by atoms with Gasteiger partial charge in [-0.1, -0.05) is 0 Å². The fourth-order valence-corrected chi connectivity index (χ4v) is 2.09. The average Bonchev–Trinajstić information content (AvgIpc) is 2.78. The summed E-state index contributed by atoms with van der Waals surface area (Å²) in [6.45, 7) is 3.45. The number of aromatic nitrogens is 1. The van der Waals surface area contributed by atoms with E-state index in [1.165, 1.54) is 0 Å². The second-order valence-corrected chi connectivity index (χ2v) is 4.75. The number of ether oxygens (including phenoxy) is 1. The fourth-order valence-electron chi connectivity index (χ4n) is 2.09. The predicted molar refractivity (Wildman–Crippen MR) is 67.0 cm³/mol. The number of carbonyl (C=O) groups is 1. The van der Waals surface area contributed by atoms with E-state index in [-0.39, 0.29) is 11.9 Å². The molecule has 1 atom stereocenters. The van der Waals surface area contributed by atoms with Gasteiger partial charge < -0.3 is 19.7 Å². The van der Waals surface area contributed by atoms with E-state index in [2.05, 4.69) is 5.32 Å². The number of hydrogen-bond acceptors (Lipinski definition) is 3. The molecule has 18 heavy (non-hydrogen) atoms. The number of nitrogens with one attached hydrogen (secondary N) is 1. The van der Waals surface area contributed by atoms with Crippen molar-refractivity contribution in [3.63, 3.8) is 0 Å². The highest BCUT2D eigenvalue weighted by Crippen LogP contribution is 2.12. The molecule has 1 aromatic rings. The van der Waals surface area contributed by atoms with E-state index < -0.39 is 6.10 Å². The first-order chi connectivity index (χ1) is 8.65. The van der Waals surface area contributed by atoms with Crippen molar-refractivity contribution in [1.82, 2.24) is 9.88 Å². The van der Waals surface area contributed by atoms with Crippen molar-refractivity contribution in [3.05, 3.63) is 24.0 Å². The third-order valence-electron chi connectivity index (χ3n) is 3.17. The topological polar surface area (TPSA) is 63.5 Å². The number of hydrogen-bond donors (Lipinski definition) is 2. The molecule has 0 radical (unpaired) electrons. The van der Waals surface area contributed by atoms with Crippen LogP contribution in [0.15, 0.2) is 18.5 Å². The summed E-state index contributed by atoms with van der Waals surface area (Å²) in [7, 11) is 0. The lowest BCUT2D eigenvalue weighted by molar-refractivity contribution is -0.122. The van der Waals surface area contributed by atoms with Crippen LogP contribution in [0.4, 0.5) is 0 Å². The highest BCUT2D eigenvalue weighted by molar-refractivity contribution is 5.76. The zero-order valence-electron chi connectivity index (χ0n) is 10.6. The molecule has 0 spiro atoms. The lowest BCUT2D eigenvalue weighted by Crippen LogP contribution is -2.40. The molecule has 1 amide bonds. The minimum absolute atomic E-state index is 0.00893. The number of nitrogens with zero attached hydrogens (tertiary/aromatic N) is 1. The summed E-state index contributed by atoms with van der Waals surface area (Å²) in [6, 6.07) is 2.06. The van der Waals surface area contributed by atoms with E-state index in [1.54, 1.807) is 17.7 Å². The smallest absolute Gasteiger partial charge is 0.240 e. The summed E-state index contributed by atoms with van der Waals surface area (Å²) in [6.07, 6.45) is 4.89. The molecule has 2 N–H and O–H groups in total. The van der Waals surface area contributed by atoms with Crippen molar-refractivity contribution < 1.29 is 14.6 Å². The lowest BCUT2D eigenvalue weighted by Gasteiger charge is -2.23. The van der Waals surface area contributed by atoms with E-state index in [9.17, 15) is 9.90 Å². The maximum atomic E-state index is 11.8. The minimum atomic E-state index is -0.496. The molecule has 5 nitrogen and oxygen atoms in total. The van der Waals surface area contributed by atoms with Crippen LogP contribution in [0.25, 0.3) is 0 Å². The molecule has 0 bridgehead atoms. The van der Waals surface area contributed by atoms with Gasteiger partial charge in [-0.15, -0.1) is 0 Å². The van der Waals surface area contributed by atoms with E-state index in [0.29, 0.717) is 6.54 Å². The molecule has 1 unspecified atom stereocenters. The normalized spacial score (nSPS) is 18.6. The van der Waals surface area contributed by atoms with Crippen molar-refractivity contribution in [3.8, 4) is 0 Å². The van der Waals surface area contributed by atoms with Crippen molar-refractivity contribution in [1.29, 1.82) is 0 Å². The first-order valence-corrected chi connectivity index (χ1v) is 6.36. The summed E-state index contributed by atoms with van der Waals surface area (Å²) >= 11 is 0. The summed E-state index contributed by atoms with van der Waals surface area (Å²) in [5.41, 5.74) is 0.828. The Labute approximate surface area is 107 Å². The van der Waals surface area contributed by atoms with Gasteiger partial charge in [0.2, 0.25) is 5.91 Å². The second-order valence-electron chi connectivity index (χ2n) is 4.75. The molecular weight excluding hydrogens is 232 g/mol. The van der Waals surface area contributed by atoms with Crippen LogP contribution in [0.5, 0.6) is 0 Å². The van der Waals surface area contributed by atoms with E-state index in [0.717, 1.165) is 31.6 Å². The van der Waals surface area contributed by atoms with E-state index >= 15 is 0 Å². The van der Waals surface area contributed by atoms with Gasteiger partial charge in [0.25, 0.3) is 0 Å². The zero-order valence-corrected chi connectivity index (χ0v) is 10.6. The van der Waals surface area contributed by atoms with Crippen LogP contribution in [0, 0.1) is 0 Å². The maximum absolute atomic E-state index is 11.8. The third-order valence-corrected chi connectivity index (χ3v) is 3.17. The molecule has 0 saturated carbocycles. The molecular formula is C13H20N2O3. The Morgan fingerprint density at radius 3 is 2.94 bits per heavy atom. The number of aliphatic hydroxyl groups is 1. The predicted octanol–water partition coefficient (Wildman–Crippen LogP) is 0.837. The van der Waals surface area contributed by atoms with Gasteiger partial charge in [0.15, 0.2) is 0 Å². The molecule has 100 valence electrons. The van der Waals surface area contributed by atoms with Crippen LogP contribution in [-0.2, 0) is 16.1 Å². The second kappa shape index (κ2) is 6.02. The van der Waals surface area contributed by atoms with Crippen molar-refractivity contribution >= 4 is 5.91 Å². The monoisotopic (exact) mass is 252 g/mol. The molecule has 1 saturated heterocycles. The van der Waals surface area contributed by atoms with Crippen molar-refractivity contribution in [2.75, 3.05) is 13.2 Å². The molecule has 2 heterocycles. The number of aliphatic hydroxyl groups excluding tert-OH is 1. The SMILES string of the molecule is CC(O)c1ccn(CC(=O)NC2CCOCC2)c1. The van der Waals surface area contributed by atoms with Crippen LogP contribution in [0.1, 0.15) is 31.4 Å². The fraction of sp³-hybridized carbons (Fsp3) is 0.615. The number of carbonyl (C=O) groups excluding carboxylic acids is 1. The van der Waals surface area contributed by atoms with Gasteiger partial charge in [-0.2, -0.15) is 0 Å². The Kier molecular flexibility index (Phi) is 4.38. The quantitative estimate of drug-likeness (QED) is 0.834. The van der Waals surface area contributed by atoms with Gasteiger partial charge in [0.05, 0.1) is 6.10 Å². The molecule has 0 aromatic carbocycles. The minimum Gasteiger partial charge on any atom is -0.389 e. The average molecular weight is 252 g/mol. The summed E-state index contributed by atoms with van der Waals surface area (Å²) in [5, 5.41) is 12.4. The Morgan fingerprint density at radius 1 is 1.61 bits per heavy atom. The summed E-state index contributed by atoms with van der Waals surface area (Å²) < 4.78 is 7.03. The van der Waals surface area contributed by atoms with Crippen LogP contribution in [0.3, 0.4) is 0 Å². The molecule has 1 fully saturated rings. The van der Waals surface area contributed by atoms with Gasteiger partial charge in [0.1, 0.15) is 6.54 Å². The Hall–Kier alpha value is -1.33. The van der Waals surface area contributed by atoms with Crippen molar-refractivity contribution in [2.24, 2.45) is 0 Å². The highest BCUT2D eigenvalue weighted by atomic mass is 16.5. The van der Waals surface area contributed by atoms with Gasteiger partial charge in [-0.05, 0) is 31.4 Å². The summed E-state index contributed by atoms with van der Waals surface area (Å²) in [5.74, 6) is 0.00893. The summed E-state index contributed by atoms with van der Waals surface area (Å²) in [4.78, 5) is 11.8. The van der Waals surface area contributed by atoms with E-state index in [1.807, 2.05) is 12.3 Å². The maximum Gasteiger partial charge on any atom is 0.240 e. The first kappa shape index (κ1) is 13.1. The van der Waals surface area contributed by atoms with Gasteiger partial charge >= 0.3 is 0 Å². The highest BCUT2D eigenvalue weighted by Gasteiger charge is 2.16. The Morgan fingerprint density at radius 2 is 2.33 bits per heavy atom. The number of amides is 1. The van der Waals surface area contributed by atoms with Gasteiger partial charge in [-0.25, -0.2) is 0 Å². The Balaban J connectivity index is 1.82. The number of rotatable bonds is 4. The molecule has 1 aliphatic heterocycles. The van der Waals surface area contributed by atoms with Gasteiger partial charge in [-0.3, -0.25) is 4.79 Å². The molecule has 2 rings (SSSR count). The largest absolute Gasteiger partial charge is 0.389 e. The van der Waals surface area contributed by atoms with Crippen LogP contribution in [0.2, 0.25) is 0 Å². The third kappa shape index (κ3) is 3.58. The molecule has 5 heteroatoms. The Bertz CT molecular complexity index is 395. The van der Waals surface area contributed by atoms with Crippen molar-refractivity contribution in [2.45, 2.75) is 38.5 Å². The van der Waals surface area contributed by atoms with Crippen LogP contribution < -0.4 is 5.32 Å². The molecule has 1 aliphatic rings. The van der Waals surface area contributed by atoms with E-state index in [4.69, 9.17) is 4.74 Å². The zero-order chi connectivity index (χ0) is 13.0. The first-order valence-electron chi connectivity index (χ1n) is 6.36. The van der Waals surface area contributed by atoms with Crippen LogP contribution >= 0.6 is 0 Å².